The highest BCUT2D eigenvalue weighted by atomic mass is 35.5. The first-order valence-electron chi connectivity index (χ1n) is 24.4. The van der Waals surface area contributed by atoms with Gasteiger partial charge in [-0.15, -0.1) is 0 Å². The second-order valence-corrected chi connectivity index (χ2v) is 22.5. The van der Waals surface area contributed by atoms with E-state index in [0.717, 1.165) is 0 Å². The average Bonchev–Trinajstić information content (AvgIpc) is 4.36. The maximum Gasteiger partial charge on any atom is 0.509 e. The first-order chi connectivity index (χ1) is 37.4. The molecular formula is C46H50Cl2N10O18P2. The third-order valence-electron chi connectivity index (χ3n) is 13.4. The van der Waals surface area contributed by atoms with Crippen molar-refractivity contribution >= 4 is 85.4 Å². The Labute approximate surface area is 452 Å². The van der Waals surface area contributed by atoms with Crippen molar-refractivity contribution in [3.8, 4) is 11.8 Å². The molecule has 6 aromatic rings. The molecule has 0 saturated carbocycles. The summed E-state index contributed by atoms with van der Waals surface area (Å²) < 4.78 is 109. The van der Waals surface area contributed by atoms with E-state index in [0.29, 0.717) is 69.6 Å². The summed E-state index contributed by atoms with van der Waals surface area (Å²) in [6.45, 7) is 7.24. The number of rotatable bonds is 14. The van der Waals surface area contributed by atoms with Gasteiger partial charge in [-0.25, -0.2) is 28.7 Å². The van der Waals surface area contributed by atoms with Crippen LogP contribution in [0.4, 0.5) is 21.5 Å². The number of phosphoric ester groups is 2. The van der Waals surface area contributed by atoms with Gasteiger partial charge >= 0.3 is 28.0 Å². The minimum Gasteiger partial charge on any atom is -0.476 e. The van der Waals surface area contributed by atoms with E-state index in [2.05, 4.69) is 29.9 Å². The lowest BCUT2D eigenvalue weighted by Gasteiger charge is -2.30. The third kappa shape index (κ3) is 10.1. The van der Waals surface area contributed by atoms with Gasteiger partial charge in [0.15, 0.2) is 58.2 Å². The molecule has 6 saturated heterocycles. The molecule has 4 aromatic heterocycles. The molecule has 32 heteroatoms. The van der Waals surface area contributed by atoms with Crippen LogP contribution in [0.2, 0.25) is 10.0 Å². The lowest BCUT2D eigenvalue weighted by Crippen LogP contribution is -2.42. The van der Waals surface area contributed by atoms with Crippen LogP contribution in [0.15, 0.2) is 61.2 Å². The molecule has 28 nitrogen and oxygen atoms in total. The van der Waals surface area contributed by atoms with E-state index in [9.17, 15) is 18.7 Å². The highest BCUT2D eigenvalue weighted by molar-refractivity contribution is 7.48. The molecule has 4 N–H and O–H groups in total. The van der Waals surface area contributed by atoms with Crippen LogP contribution in [0.1, 0.15) is 76.3 Å². The number of imidazole rings is 2. The predicted molar refractivity (Wildman–Crippen MR) is 268 cm³/mol. The minimum absolute atomic E-state index is 0.0373. The molecule has 10 heterocycles. The van der Waals surface area contributed by atoms with Crippen LogP contribution in [-0.4, -0.2) is 127 Å². The van der Waals surface area contributed by atoms with Gasteiger partial charge in [-0.3, -0.25) is 36.3 Å². The third-order valence-corrected chi connectivity index (χ3v) is 17.0. The molecule has 0 amide bonds. The van der Waals surface area contributed by atoms with Gasteiger partial charge in [0.25, 0.3) is 0 Å². The van der Waals surface area contributed by atoms with Gasteiger partial charge in [-0.2, -0.15) is 19.9 Å². The second kappa shape index (κ2) is 21.2. The van der Waals surface area contributed by atoms with E-state index in [4.69, 9.17) is 99.7 Å². The molecule has 12 rings (SSSR count). The zero-order valence-electron chi connectivity index (χ0n) is 41.8. The Hall–Kier alpha value is -6.00. The molecule has 2 aromatic carbocycles. The van der Waals surface area contributed by atoms with E-state index < -0.39 is 88.2 Å². The number of hydrogen-bond acceptors (Lipinski definition) is 26. The maximum atomic E-state index is 13.4. The Morgan fingerprint density at radius 3 is 1.46 bits per heavy atom. The van der Waals surface area contributed by atoms with E-state index in [1.807, 2.05) is 12.1 Å². The number of aromatic nitrogens is 8. The van der Waals surface area contributed by atoms with Crippen molar-refractivity contribution in [1.82, 2.24) is 39.0 Å². The molecule has 78 heavy (non-hydrogen) atoms. The molecule has 6 aliphatic heterocycles. The topological polar surface area (TPSA) is 337 Å². The van der Waals surface area contributed by atoms with Crippen LogP contribution in [0.5, 0.6) is 11.8 Å². The molecule has 0 unspecified atom stereocenters. The highest BCUT2D eigenvalue weighted by Gasteiger charge is 2.66. The molecular weight excluding hydrogens is 1110 g/mol. The van der Waals surface area contributed by atoms with Gasteiger partial charge in [0.2, 0.25) is 23.7 Å². The fourth-order valence-electron chi connectivity index (χ4n) is 9.93. The number of nitrogen functional groups attached to an aromatic ring is 2. The van der Waals surface area contributed by atoms with E-state index in [1.54, 1.807) is 73.2 Å². The zero-order valence-corrected chi connectivity index (χ0v) is 45.1. The minimum atomic E-state index is -4.01. The van der Waals surface area contributed by atoms with Crippen molar-refractivity contribution < 1.29 is 83.8 Å². The Morgan fingerprint density at radius 1 is 0.654 bits per heavy atom. The molecule has 6 fully saturated rings. The van der Waals surface area contributed by atoms with Crippen molar-refractivity contribution in [2.24, 2.45) is 0 Å². The summed E-state index contributed by atoms with van der Waals surface area (Å²) in [5.74, 6) is 0.334. The number of nitrogens with two attached hydrogens (primary N) is 2. The smallest absolute Gasteiger partial charge is 0.476 e. The van der Waals surface area contributed by atoms with Crippen molar-refractivity contribution in [3.63, 3.8) is 0 Å². The first kappa shape index (κ1) is 54.0. The number of carbonyl (C=O) groups is 2. The summed E-state index contributed by atoms with van der Waals surface area (Å²) in [5.41, 5.74) is 11.8. The van der Waals surface area contributed by atoms with Crippen molar-refractivity contribution in [2.75, 3.05) is 51.1 Å². The fourth-order valence-corrected chi connectivity index (χ4v) is 13.2. The molecule has 416 valence electrons. The second-order valence-electron chi connectivity index (χ2n) is 18.5. The zero-order chi connectivity index (χ0) is 54.7. The summed E-state index contributed by atoms with van der Waals surface area (Å²) in [5, 5.41) is 0.960. The number of fused-ring (bicyclic) bond motifs is 4. The molecule has 6 aliphatic rings. The van der Waals surface area contributed by atoms with E-state index in [1.165, 1.54) is 12.7 Å². The SMILES string of the molecule is CCOc1nc(N)nc2c1ncn2[C@@H]1O[C@H](CO[P@@]2(=O)OCC[C@@H](c3ccccc3Cl)O2)[C@H]2OC(=O)O[C@]21C.CCOc1nc(N)nc2c1ncn2[C@@H]1O[C@H](CO[P@]2(=O)OCC[C@H](c3ccccc3Cl)O2)[C@H]2OC(=O)O[C@]21C. The van der Waals surface area contributed by atoms with Gasteiger partial charge in [0.05, 0.1) is 64.5 Å². The van der Waals surface area contributed by atoms with Crippen molar-refractivity contribution in [2.45, 2.75) is 101 Å². The maximum absolute atomic E-state index is 13.4. The quantitative estimate of drug-likeness (QED) is 0.0772. The van der Waals surface area contributed by atoms with Crippen LogP contribution in [-0.2, 0) is 64.7 Å². The number of phosphoric acid groups is 2. The number of halogens is 2. The average molecular weight is 1160 g/mol. The number of anilines is 2. The lowest BCUT2D eigenvalue weighted by molar-refractivity contribution is -0.0927. The van der Waals surface area contributed by atoms with Crippen LogP contribution in [0.25, 0.3) is 22.3 Å². The Morgan fingerprint density at radius 2 is 1.06 bits per heavy atom. The summed E-state index contributed by atoms with van der Waals surface area (Å²) >= 11 is 12.6. The van der Waals surface area contributed by atoms with Gasteiger partial charge in [0, 0.05) is 34.0 Å². The summed E-state index contributed by atoms with van der Waals surface area (Å²) in [4.78, 5) is 49.9. The summed E-state index contributed by atoms with van der Waals surface area (Å²) in [6.07, 6.45) is -4.74. The van der Waals surface area contributed by atoms with Crippen LogP contribution in [0.3, 0.4) is 0 Å². The van der Waals surface area contributed by atoms with Crippen molar-refractivity contribution in [1.29, 1.82) is 0 Å². The van der Waals surface area contributed by atoms with Gasteiger partial charge in [-0.05, 0) is 39.8 Å². The number of ether oxygens (including phenoxy) is 8. The number of nitrogens with zero attached hydrogens (tertiary/aromatic N) is 8. The molecule has 0 radical (unpaired) electrons. The molecule has 0 aliphatic carbocycles. The standard InChI is InChI=1S/2C23H25ClN5O9P/c2*1-3-32-19-16-18(27-21(25)28-19)29(11-26-16)20-23(2)17(36-22(30)37-23)15(35-20)10-34-39(31)33-9-8-14(38-39)12-6-4-5-7-13(12)24/h2*4-7,11,14-15,17,20H,3,8-10H2,1-2H3,(H2,25,27,28)/t14-,15+,17+,20+,23+,39+;14-,15-,17-,20-,23-,39+/m01/s1. The van der Waals surface area contributed by atoms with Crippen LogP contribution < -0.4 is 20.9 Å². The Kier molecular flexibility index (Phi) is 14.7. The number of hydrogen-bond donors (Lipinski definition) is 2. The van der Waals surface area contributed by atoms with Crippen LogP contribution in [0, 0.1) is 0 Å². The van der Waals surface area contributed by atoms with Gasteiger partial charge in [0.1, 0.15) is 12.2 Å². The van der Waals surface area contributed by atoms with Gasteiger partial charge < -0.3 is 49.4 Å². The first-order valence-corrected chi connectivity index (χ1v) is 28.1. The molecule has 0 bridgehead atoms. The summed E-state index contributed by atoms with van der Waals surface area (Å²) in [6, 6.07) is 14.2. The predicted octanol–water partition coefficient (Wildman–Crippen LogP) is 7.91. The Bertz CT molecular complexity index is 3160. The Balaban J connectivity index is 0.000000165. The molecule has 12 atom stereocenters. The van der Waals surface area contributed by atoms with E-state index in [-0.39, 0.29) is 50.1 Å². The summed E-state index contributed by atoms with van der Waals surface area (Å²) in [7, 11) is -8.03. The fraction of sp³-hybridized carbons (Fsp3) is 0.478. The highest BCUT2D eigenvalue weighted by Crippen LogP contribution is 2.60. The largest absolute Gasteiger partial charge is 0.509 e. The normalized spacial score (nSPS) is 32.1. The number of carbonyl (C=O) groups excluding carboxylic acids is 2. The van der Waals surface area contributed by atoms with Gasteiger partial charge in [-0.1, -0.05) is 59.6 Å². The molecule has 0 spiro atoms. The number of benzene rings is 2. The van der Waals surface area contributed by atoms with Crippen LogP contribution >= 0.6 is 38.8 Å². The lowest BCUT2D eigenvalue weighted by atomic mass is 9.96. The van der Waals surface area contributed by atoms with Crippen molar-refractivity contribution in [3.05, 3.63) is 82.4 Å². The monoisotopic (exact) mass is 1160 g/mol. The van der Waals surface area contributed by atoms with E-state index >= 15 is 0 Å².